The summed E-state index contributed by atoms with van der Waals surface area (Å²) in [6.45, 7) is 2.35. The maximum Gasteiger partial charge on any atom is 0.167 e. The zero-order valence-corrected chi connectivity index (χ0v) is 12.8. The lowest BCUT2D eigenvalue weighted by molar-refractivity contribution is -0.862. The van der Waals surface area contributed by atoms with Crippen LogP contribution in [0.2, 0.25) is 0 Å². The molecule has 2 aromatic rings. The second-order valence-electron chi connectivity index (χ2n) is 5.92. The van der Waals surface area contributed by atoms with E-state index in [9.17, 15) is 10.2 Å². The van der Waals surface area contributed by atoms with Crippen molar-refractivity contribution in [1.82, 2.24) is 19.5 Å². The van der Waals surface area contributed by atoms with Crippen LogP contribution in [0.1, 0.15) is 12.1 Å². The van der Waals surface area contributed by atoms with Crippen LogP contribution in [0.25, 0.3) is 11.2 Å². The van der Waals surface area contributed by atoms with E-state index in [1.54, 1.807) is 11.5 Å². The normalized spacial score (nSPS) is 28.8. The van der Waals surface area contributed by atoms with Gasteiger partial charge in [-0.2, -0.15) is 0 Å². The molecule has 0 unspecified atom stereocenters. The van der Waals surface area contributed by atoms with Crippen LogP contribution in [-0.4, -0.2) is 68.7 Å². The zero-order valence-electron chi connectivity index (χ0n) is 12.8. The van der Waals surface area contributed by atoms with E-state index < -0.39 is 24.5 Å². The Labute approximate surface area is 127 Å². The highest BCUT2D eigenvalue weighted by Gasteiger charge is 2.46. The quantitative estimate of drug-likeness (QED) is 0.493. The number of hydrogen-bond acceptors (Lipinski definition) is 7. The largest absolute Gasteiger partial charge is 0.387 e. The summed E-state index contributed by atoms with van der Waals surface area (Å²) >= 11 is 0. The Balaban J connectivity index is 2.01. The summed E-state index contributed by atoms with van der Waals surface area (Å²) in [7, 11) is 3.92. The molecule has 9 nitrogen and oxygen atoms in total. The molecular formula is C13H21N6O3+. The molecule has 4 atom stereocenters. The number of aliphatic hydroxyl groups is 2. The number of anilines is 1. The Morgan fingerprint density at radius 1 is 1.32 bits per heavy atom. The minimum Gasteiger partial charge on any atom is -0.387 e. The smallest absolute Gasteiger partial charge is 0.167 e. The molecule has 5 N–H and O–H groups in total. The van der Waals surface area contributed by atoms with Gasteiger partial charge in [0.05, 0.1) is 14.1 Å². The molecule has 1 saturated heterocycles. The molecule has 1 aliphatic heterocycles. The summed E-state index contributed by atoms with van der Waals surface area (Å²) in [6, 6.07) is 0. The van der Waals surface area contributed by atoms with Crippen LogP contribution in [0.4, 0.5) is 5.82 Å². The summed E-state index contributed by atoms with van der Waals surface area (Å²) in [4.78, 5) is 13.6. The number of fused-ring (bicyclic) bond motifs is 1. The molecule has 1 fully saturated rings. The van der Waals surface area contributed by atoms with E-state index >= 15 is 0 Å². The molecule has 0 bridgehead atoms. The third-order valence-corrected chi connectivity index (χ3v) is 3.88. The van der Waals surface area contributed by atoms with Crippen LogP contribution in [0.5, 0.6) is 0 Å². The van der Waals surface area contributed by atoms with Crippen LogP contribution in [0, 0.1) is 6.92 Å². The fraction of sp³-hybridized carbons (Fsp3) is 0.615. The van der Waals surface area contributed by atoms with Crippen molar-refractivity contribution < 1.29 is 19.8 Å². The summed E-state index contributed by atoms with van der Waals surface area (Å²) in [5.74, 6) is 0.866. The number of nitrogens with two attached hydrogens (primary N) is 1. The lowest BCUT2D eigenvalue weighted by Gasteiger charge is -2.18. The van der Waals surface area contributed by atoms with Crippen molar-refractivity contribution >= 4 is 17.0 Å². The highest BCUT2D eigenvalue weighted by atomic mass is 16.6. The van der Waals surface area contributed by atoms with Gasteiger partial charge in [-0.05, 0) is 6.92 Å². The summed E-state index contributed by atoms with van der Waals surface area (Å²) in [5.41, 5.74) is 6.76. The van der Waals surface area contributed by atoms with E-state index in [4.69, 9.17) is 10.5 Å². The Bertz CT molecular complexity index is 688. The van der Waals surface area contributed by atoms with Gasteiger partial charge in [-0.25, -0.2) is 15.0 Å². The van der Waals surface area contributed by atoms with Gasteiger partial charge < -0.3 is 25.6 Å². The average molecular weight is 309 g/mol. The Hall–Kier alpha value is -1.81. The molecule has 3 heterocycles. The number of nitrogens with one attached hydrogen (secondary N) is 1. The first-order valence-corrected chi connectivity index (χ1v) is 7.15. The number of likely N-dealkylation sites (N-methyl/N-ethyl adjacent to an activating group) is 1. The number of ether oxygens (including phenoxy) is 1. The van der Waals surface area contributed by atoms with Crippen molar-refractivity contribution in [3.8, 4) is 0 Å². The Kier molecular flexibility index (Phi) is 3.73. The van der Waals surface area contributed by atoms with E-state index in [1.807, 2.05) is 14.1 Å². The SMILES string of the molecule is Cc1nc2c(N)ncnc2n1[C@@H]1O[C@H](C[NH+](C)C)[C@@H](O)[C@H]1O. The Morgan fingerprint density at radius 3 is 2.73 bits per heavy atom. The molecule has 22 heavy (non-hydrogen) atoms. The van der Waals surface area contributed by atoms with Gasteiger partial charge in [-0.15, -0.1) is 0 Å². The van der Waals surface area contributed by atoms with Crippen molar-refractivity contribution in [2.45, 2.75) is 31.5 Å². The lowest BCUT2D eigenvalue weighted by atomic mass is 10.1. The lowest BCUT2D eigenvalue weighted by Crippen LogP contribution is -3.07. The zero-order chi connectivity index (χ0) is 16.0. The molecule has 3 rings (SSSR count). The number of quaternary nitrogens is 1. The van der Waals surface area contributed by atoms with Crippen LogP contribution in [0.3, 0.4) is 0 Å². The third kappa shape index (κ3) is 2.31. The molecule has 0 amide bonds. The first-order chi connectivity index (χ1) is 10.4. The van der Waals surface area contributed by atoms with Crippen molar-refractivity contribution in [1.29, 1.82) is 0 Å². The van der Waals surface area contributed by atoms with Crippen LogP contribution >= 0.6 is 0 Å². The number of aryl methyl sites for hydroxylation is 1. The third-order valence-electron chi connectivity index (χ3n) is 3.88. The van der Waals surface area contributed by atoms with Crippen LogP contribution in [-0.2, 0) is 4.74 Å². The van der Waals surface area contributed by atoms with E-state index in [0.29, 0.717) is 23.5 Å². The second kappa shape index (κ2) is 5.43. The van der Waals surface area contributed by atoms with E-state index in [-0.39, 0.29) is 5.82 Å². The van der Waals surface area contributed by atoms with Gasteiger partial charge in [-0.1, -0.05) is 0 Å². The van der Waals surface area contributed by atoms with Gasteiger partial charge in [0, 0.05) is 0 Å². The van der Waals surface area contributed by atoms with Crippen LogP contribution in [0.15, 0.2) is 6.33 Å². The van der Waals surface area contributed by atoms with Gasteiger partial charge in [0.15, 0.2) is 23.2 Å². The minimum absolute atomic E-state index is 0.272. The molecule has 0 spiro atoms. The average Bonchev–Trinajstić information content (AvgIpc) is 2.91. The number of nitrogen functional groups attached to an aromatic ring is 1. The molecule has 0 aliphatic carbocycles. The molecule has 9 heteroatoms. The van der Waals surface area contributed by atoms with E-state index in [1.165, 1.54) is 6.33 Å². The van der Waals surface area contributed by atoms with Crippen molar-refractivity contribution in [3.63, 3.8) is 0 Å². The number of rotatable bonds is 3. The van der Waals surface area contributed by atoms with Gasteiger partial charge in [0.2, 0.25) is 0 Å². The van der Waals surface area contributed by atoms with Crippen molar-refractivity contribution in [2.24, 2.45) is 0 Å². The number of aliphatic hydroxyl groups excluding tert-OH is 2. The number of aromatic nitrogens is 4. The summed E-state index contributed by atoms with van der Waals surface area (Å²) in [6.07, 6.45) is -1.89. The number of nitrogens with zero attached hydrogens (tertiary/aromatic N) is 4. The predicted molar refractivity (Wildman–Crippen MR) is 78.1 cm³/mol. The van der Waals surface area contributed by atoms with E-state index in [2.05, 4.69) is 15.0 Å². The maximum absolute atomic E-state index is 10.4. The molecule has 0 aromatic carbocycles. The fourth-order valence-corrected chi connectivity index (χ4v) is 2.85. The maximum atomic E-state index is 10.4. The van der Waals surface area contributed by atoms with Gasteiger partial charge in [0.1, 0.15) is 37.0 Å². The second-order valence-corrected chi connectivity index (χ2v) is 5.92. The molecule has 2 aromatic heterocycles. The minimum atomic E-state index is -1.06. The predicted octanol–water partition coefficient (Wildman–Crippen LogP) is -2.52. The van der Waals surface area contributed by atoms with E-state index in [0.717, 1.165) is 4.90 Å². The Morgan fingerprint density at radius 2 is 2.05 bits per heavy atom. The van der Waals surface area contributed by atoms with Gasteiger partial charge in [0.25, 0.3) is 0 Å². The van der Waals surface area contributed by atoms with Crippen LogP contribution < -0.4 is 10.6 Å². The topological polar surface area (TPSA) is 124 Å². The molecule has 120 valence electrons. The fourth-order valence-electron chi connectivity index (χ4n) is 2.85. The first kappa shape index (κ1) is 15.1. The standard InChI is InChI=1S/C13H20N6O3/c1-6-17-8-11(14)15-5-16-12(8)19(6)13-10(21)9(20)7(22-13)4-18(2)3/h5,7,9-10,13,20-21H,4H2,1-3H3,(H2,14,15,16)/p+1/t7-,9-,10-,13-/m1/s1. The van der Waals surface area contributed by atoms with Gasteiger partial charge in [-0.3, -0.25) is 4.57 Å². The number of hydrogen-bond donors (Lipinski definition) is 4. The monoisotopic (exact) mass is 309 g/mol. The molecule has 0 saturated carbocycles. The van der Waals surface area contributed by atoms with Crippen molar-refractivity contribution in [3.05, 3.63) is 12.2 Å². The van der Waals surface area contributed by atoms with Crippen molar-refractivity contribution in [2.75, 3.05) is 26.4 Å². The summed E-state index contributed by atoms with van der Waals surface area (Å²) in [5, 5.41) is 20.6. The first-order valence-electron chi connectivity index (χ1n) is 7.15. The highest BCUT2D eigenvalue weighted by molar-refractivity contribution is 5.81. The molecular weight excluding hydrogens is 288 g/mol. The highest BCUT2D eigenvalue weighted by Crippen LogP contribution is 2.32. The number of imidazole rings is 1. The summed E-state index contributed by atoms with van der Waals surface area (Å²) < 4.78 is 7.53. The molecule has 1 aliphatic rings. The molecule has 0 radical (unpaired) electrons. The van der Waals surface area contributed by atoms with Gasteiger partial charge >= 0.3 is 0 Å².